The minimum Gasteiger partial charge on any atom is -0.325 e. The van der Waals surface area contributed by atoms with Crippen LogP contribution in [0.25, 0.3) is 6.08 Å². The maximum Gasteiger partial charge on any atom is 0.272 e. The Kier molecular flexibility index (Phi) is 9.56. The van der Waals surface area contributed by atoms with Crippen LogP contribution in [0.4, 0.5) is 11.4 Å². The van der Waals surface area contributed by atoms with Gasteiger partial charge in [0.05, 0.1) is 5.75 Å². The van der Waals surface area contributed by atoms with Crippen LogP contribution in [0.1, 0.15) is 21.5 Å². The zero-order valence-electron chi connectivity index (χ0n) is 21.1. The molecule has 0 aromatic heterocycles. The minimum atomic E-state index is -0.459. The van der Waals surface area contributed by atoms with Crippen LogP contribution in [0, 0.1) is 6.92 Å². The topological polar surface area (TPSA) is 87.3 Å². The van der Waals surface area contributed by atoms with Gasteiger partial charge in [0.25, 0.3) is 11.8 Å². The average molecular weight is 556 g/mol. The van der Waals surface area contributed by atoms with Crippen LogP contribution < -0.4 is 16.0 Å². The van der Waals surface area contributed by atoms with Crippen LogP contribution in [0.2, 0.25) is 5.02 Å². The van der Waals surface area contributed by atoms with Crippen LogP contribution in [-0.4, -0.2) is 23.5 Å². The molecule has 3 amide bonds. The van der Waals surface area contributed by atoms with Gasteiger partial charge in [0.2, 0.25) is 5.91 Å². The first-order chi connectivity index (χ1) is 18.9. The largest absolute Gasteiger partial charge is 0.325 e. The van der Waals surface area contributed by atoms with Crippen molar-refractivity contribution >= 4 is 58.5 Å². The molecule has 0 saturated heterocycles. The molecule has 4 aromatic rings. The van der Waals surface area contributed by atoms with Crippen molar-refractivity contribution in [2.24, 2.45) is 0 Å². The molecular formula is C31H26ClN3O3S. The number of aryl methyl sites for hydroxylation is 1. The summed E-state index contributed by atoms with van der Waals surface area (Å²) in [5, 5.41) is 8.99. The van der Waals surface area contributed by atoms with Gasteiger partial charge in [-0.15, -0.1) is 11.8 Å². The van der Waals surface area contributed by atoms with Gasteiger partial charge >= 0.3 is 0 Å². The lowest BCUT2D eigenvalue weighted by Gasteiger charge is -2.12. The smallest absolute Gasteiger partial charge is 0.272 e. The van der Waals surface area contributed by atoms with E-state index in [1.165, 1.54) is 11.8 Å². The number of nitrogens with one attached hydrogen (secondary N) is 3. The monoisotopic (exact) mass is 555 g/mol. The van der Waals surface area contributed by atoms with Crippen molar-refractivity contribution in [2.45, 2.75) is 11.8 Å². The average Bonchev–Trinajstić information content (AvgIpc) is 2.95. The van der Waals surface area contributed by atoms with E-state index in [1.807, 2.05) is 61.5 Å². The molecule has 0 saturated carbocycles. The summed E-state index contributed by atoms with van der Waals surface area (Å²) in [6, 6.07) is 30.5. The Labute approximate surface area is 236 Å². The highest BCUT2D eigenvalue weighted by molar-refractivity contribution is 8.00. The summed E-state index contributed by atoms with van der Waals surface area (Å²) in [4.78, 5) is 39.2. The van der Waals surface area contributed by atoms with E-state index in [2.05, 4.69) is 16.0 Å². The molecule has 0 spiro atoms. The summed E-state index contributed by atoms with van der Waals surface area (Å²) in [5.74, 6) is -0.772. The lowest BCUT2D eigenvalue weighted by atomic mass is 10.1. The summed E-state index contributed by atoms with van der Waals surface area (Å²) in [6.07, 6.45) is 1.63. The first kappa shape index (κ1) is 27.7. The fourth-order valence-corrected chi connectivity index (χ4v) is 4.43. The standard InChI is InChI=1S/C31H26ClN3O3S/c1-21-12-13-24(32)19-27(21)34-29(36)20-39-26-16-14-25(15-17-26)33-31(38)28(18-22-8-4-2-5-9-22)35-30(37)23-10-6-3-7-11-23/h2-19H,20H2,1H3,(H,33,38)(H,34,36)(H,35,37)/b28-18-. The summed E-state index contributed by atoms with van der Waals surface area (Å²) in [6.45, 7) is 1.90. The quantitative estimate of drug-likeness (QED) is 0.157. The SMILES string of the molecule is Cc1ccc(Cl)cc1NC(=O)CSc1ccc(NC(=O)/C(=C/c2ccccc2)NC(=O)c2ccccc2)cc1. The Balaban J connectivity index is 1.39. The second kappa shape index (κ2) is 13.5. The van der Waals surface area contributed by atoms with E-state index in [0.29, 0.717) is 22.0 Å². The Hall–Kier alpha value is -4.33. The number of thioether (sulfide) groups is 1. The number of hydrogen-bond acceptors (Lipinski definition) is 4. The first-order valence-electron chi connectivity index (χ1n) is 12.1. The van der Waals surface area contributed by atoms with Crippen LogP contribution in [0.5, 0.6) is 0 Å². The zero-order valence-corrected chi connectivity index (χ0v) is 22.7. The number of rotatable bonds is 9. The van der Waals surface area contributed by atoms with Crippen LogP contribution in [0.15, 0.2) is 114 Å². The highest BCUT2D eigenvalue weighted by atomic mass is 35.5. The van der Waals surface area contributed by atoms with Crippen molar-refractivity contribution in [3.63, 3.8) is 0 Å². The molecule has 0 atom stereocenters. The van der Waals surface area contributed by atoms with Gasteiger partial charge in [-0.05, 0) is 72.7 Å². The molecule has 39 heavy (non-hydrogen) atoms. The molecule has 6 nitrogen and oxygen atoms in total. The molecule has 0 bridgehead atoms. The number of hydrogen-bond donors (Lipinski definition) is 3. The van der Waals surface area contributed by atoms with Crippen LogP contribution >= 0.6 is 23.4 Å². The van der Waals surface area contributed by atoms with Gasteiger partial charge in [0, 0.05) is 26.9 Å². The third-order valence-electron chi connectivity index (χ3n) is 5.60. The highest BCUT2D eigenvalue weighted by Gasteiger charge is 2.15. The summed E-state index contributed by atoms with van der Waals surface area (Å²) < 4.78 is 0. The number of halogens is 1. The molecule has 0 aliphatic heterocycles. The van der Waals surface area contributed by atoms with Crippen molar-refractivity contribution in [1.82, 2.24) is 5.32 Å². The van der Waals surface area contributed by atoms with Crippen molar-refractivity contribution < 1.29 is 14.4 Å². The van der Waals surface area contributed by atoms with Crippen molar-refractivity contribution in [3.05, 3.63) is 131 Å². The van der Waals surface area contributed by atoms with E-state index in [9.17, 15) is 14.4 Å². The zero-order chi connectivity index (χ0) is 27.6. The third kappa shape index (κ3) is 8.33. The van der Waals surface area contributed by atoms with Gasteiger partial charge in [-0.3, -0.25) is 14.4 Å². The molecule has 4 aromatic carbocycles. The van der Waals surface area contributed by atoms with Crippen molar-refractivity contribution in [1.29, 1.82) is 0 Å². The van der Waals surface area contributed by atoms with E-state index in [1.54, 1.807) is 54.6 Å². The predicted octanol–water partition coefficient (Wildman–Crippen LogP) is 6.79. The summed E-state index contributed by atoms with van der Waals surface area (Å²) >= 11 is 7.40. The van der Waals surface area contributed by atoms with Crippen LogP contribution in [0.3, 0.4) is 0 Å². The highest BCUT2D eigenvalue weighted by Crippen LogP contribution is 2.23. The lowest BCUT2D eigenvalue weighted by Crippen LogP contribution is -2.30. The van der Waals surface area contributed by atoms with Gasteiger partial charge in [-0.2, -0.15) is 0 Å². The Morgan fingerprint density at radius 2 is 1.49 bits per heavy atom. The van der Waals surface area contributed by atoms with E-state index >= 15 is 0 Å². The first-order valence-corrected chi connectivity index (χ1v) is 13.5. The molecule has 0 heterocycles. The van der Waals surface area contributed by atoms with Gasteiger partial charge in [-0.25, -0.2) is 0 Å². The maximum atomic E-state index is 13.1. The Bertz CT molecular complexity index is 1490. The van der Waals surface area contributed by atoms with Gasteiger partial charge < -0.3 is 16.0 Å². The van der Waals surface area contributed by atoms with Crippen LogP contribution in [-0.2, 0) is 9.59 Å². The van der Waals surface area contributed by atoms with E-state index < -0.39 is 5.91 Å². The molecule has 0 radical (unpaired) electrons. The Morgan fingerprint density at radius 3 is 2.18 bits per heavy atom. The fraction of sp³-hybridized carbons (Fsp3) is 0.0645. The number of carbonyl (C=O) groups excluding carboxylic acids is 3. The molecule has 8 heteroatoms. The number of benzene rings is 4. The molecule has 0 unspecified atom stereocenters. The minimum absolute atomic E-state index is 0.112. The van der Waals surface area contributed by atoms with E-state index in [-0.39, 0.29) is 23.3 Å². The third-order valence-corrected chi connectivity index (χ3v) is 6.84. The lowest BCUT2D eigenvalue weighted by molar-refractivity contribution is -0.114. The summed E-state index contributed by atoms with van der Waals surface area (Å²) in [7, 11) is 0. The van der Waals surface area contributed by atoms with Crippen molar-refractivity contribution in [3.8, 4) is 0 Å². The number of anilines is 2. The predicted molar refractivity (Wildman–Crippen MR) is 159 cm³/mol. The molecule has 196 valence electrons. The maximum absolute atomic E-state index is 13.1. The van der Waals surface area contributed by atoms with Crippen molar-refractivity contribution in [2.75, 3.05) is 16.4 Å². The normalized spacial score (nSPS) is 11.0. The molecule has 0 aliphatic rings. The molecule has 3 N–H and O–H groups in total. The number of amides is 3. The number of carbonyl (C=O) groups is 3. The fourth-order valence-electron chi connectivity index (χ4n) is 3.56. The molecule has 0 fully saturated rings. The van der Waals surface area contributed by atoms with E-state index in [0.717, 1.165) is 16.0 Å². The second-order valence-corrected chi connectivity index (χ2v) is 10.0. The molecule has 0 aliphatic carbocycles. The van der Waals surface area contributed by atoms with Gasteiger partial charge in [0.15, 0.2) is 0 Å². The van der Waals surface area contributed by atoms with Gasteiger partial charge in [0.1, 0.15) is 5.70 Å². The molecule has 4 rings (SSSR count). The molecular weight excluding hydrogens is 530 g/mol. The second-order valence-electron chi connectivity index (χ2n) is 8.56. The van der Waals surface area contributed by atoms with E-state index in [4.69, 9.17) is 11.6 Å². The van der Waals surface area contributed by atoms with Gasteiger partial charge in [-0.1, -0.05) is 66.2 Å². The Morgan fingerprint density at radius 1 is 0.821 bits per heavy atom. The summed E-state index contributed by atoms with van der Waals surface area (Å²) in [5.41, 5.74) is 3.50.